The molecule has 0 aliphatic carbocycles. The molecule has 0 aromatic heterocycles. The van der Waals surface area contributed by atoms with E-state index >= 15 is 0 Å². The van der Waals surface area contributed by atoms with Gasteiger partial charge in [0.25, 0.3) is 0 Å². The van der Waals surface area contributed by atoms with Crippen LogP contribution in [0.5, 0.6) is 0 Å². The standard InChI is InChI=1S/C15H15N3S/c1-3-11-4-2-6-13-10-18(9-12(5-1)14(11)13)17-15-16-7-8-19-15/h1-6H,7-10H2,(H,16,17). The molecular weight excluding hydrogens is 254 g/mol. The van der Waals surface area contributed by atoms with Gasteiger partial charge in [-0.05, 0) is 21.9 Å². The Labute approximate surface area is 116 Å². The zero-order chi connectivity index (χ0) is 12.7. The average Bonchev–Trinajstić information content (AvgIpc) is 2.92. The van der Waals surface area contributed by atoms with Crippen LogP contribution in [0, 0.1) is 0 Å². The third-order valence-electron chi connectivity index (χ3n) is 3.64. The molecule has 0 amide bonds. The molecular formula is C15H15N3S. The third-order valence-corrected chi connectivity index (χ3v) is 4.52. The topological polar surface area (TPSA) is 27.6 Å². The maximum absolute atomic E-state index is 4.46. The van der Waals surface area contributed by atoms with E-state index in [2.05, 4.69) is 51.8 Å². The van der Waals surface area contributed by atoms with Crippen molar-refractivity contribution in [2.45, 2.75) is 13.1 Å². The average molecular weight is 269 g/mol. The van der Waals surface area contributed by atoms with Gasteiger partial charge in [0.1, 0.15) is 0 Å². The number of hydrazine groups is 1. The van der Waals surface area contributed by atoms with Crippen molar-refractivity contribution in [1.82, 2.24) is 10.4 Å². The molecule has 0 bridgehead atoms. The molecule has 0 radical (unpaired) electrons. The fourth-order valence-electron chi connectivity index (χ4n) is 2.85. The number of nitrogens with one attached hydrogen (secondary N) is 1. The van der Waals surface area contributed by atoms with Crippen molar-refractivity contribution in [3.8, 4) is 0 Å². The SMILES string of the molecule is c1cc2c3c(cccc3c1)CN(NC1=NCCS1)C2. The van der Waals surface area contributed by atoms with Gasteiger partial charge in [-0.1, -0.05) is 48.2 Å². The Bertz CT molecular complexity index is 625. The number of hydrogen-bond acceptors (Lipinski definition) is 4. The first-order valence-corrected chi connectivity index (χ1v) is 7.57. The number of amidine groups is 1. The molecule has 2 aliphatic rings. The lowest BCUT2D eigenvalue weighted by molar-refractivity contribution is 0.214. The Hall–Kier alpha value is -1.52. The van der Waals surface area contributed by atoms with Gasteiger partial charge < -0.3 is 0 Å². The first kappa shape index (κ1) is 11.3. The van der Waals surface area contributed by atoms with E-state index in [1.165, 1.54) is 21.9 Å². The molecule has 2 aromatic rings. The normalized spacial score (nSPS) is 18.6. The smallest absolute Gasteiger partial charge is 0.171 e. The van der Waals surface area contributed by atoms with Crippen molar-refractivity contribution in [3.63, 3.8) is 0 Å². The molecule has 0 atom stereocenters. The molecule has 0 spiro atoms. The molecule has 0 saturated heterocycles. The largest absolute Gasteiger partial charge is 0.297 e. The Kier molecular flexibility index (Phi) is 2.71. The monoisotopic (exact) mass is 269 g/mol. The number of nitrogens with zero attached hydrogens (tertiary/aromatic N) is 2. The van der Waals surface area contributed by atoms with Crippen molar-refractivity contribution in [1.29, 1.82) is 0 Å². The van der Waals surface area contributed by atoms with Crippen molar-refractivity contribution < 1.29 is 0 Å². The summed E-state index contributed by atoms with van der Waals surface area (Å²) in [5.41, 5.74) is 6.25. The highest BCUT2D eigenvalue weighted by molar-refractivity contribution is 8.14. The molecule has 96 valence electrons. The maximum Gasteiger partial charge on any atom is 0.171 e. The maximum atomic E-state index is 4.46. The highest BCUT2D eigenvalue weighted by atomic mass is 32.2. The Balaban J connectivity index is 1.68. The van der Waals surface area contributed by atoms with Crippen LogP contribution in [-0.2, 0) is 13.1 Å². The molecule has 2 aromatic carbocycles. The summed E-state index contributed by atoms with van der Waals surface area (Å²) in [5.74, 6) is 1.10. The first-order valence-electron chi connectivity index (χ1n) is 6.58. The third kappa shape index (κ3) is 2.01. The van der Waals surface area contributed by atoms with Gasteiger partial charge in [-0.25, -0.2) is 5.01 Å². The number of hydrogen-bond donors (Lipinski definition) is 1. The Morgan fingerprint density at radius 1 is 1.05 bits per heavy atom. The van der Waals surface area contributed by atoms with Crippen molar-refractivity contribution in [2.75, 3.05) is 12.3 Å². The number of benzene rings is 2. The predicted octanol–water partition coefficient (Wildman–Crippen LogP) is 2.76. The molecule has 0 saturated carbocycles. The highest BCUT2D eigenvalue weighted by Crippen LogP contribution is 2.29. The summed E-state index contributed by atoms with van der Waals surface area (Å²) in [6.45, 7) is 2.81. The number of rotatable bonds is 1. The molecule has 3 nitrogen and oxygen atoms in total. The lowest BCUT2D eigenvalue weighted by atomic mass is 9.96. The van der Waals surface area contributed by atoms with Gasteiger partial charge in [-0.15, -0.1) is 0 Å². The van der Waals surface area contributed by atoms with Gasteiger partial charge >= 0.3 is 0 Å². The van der Waals surface area contributed by atoms with Gasteiger partial charge in [0, 0.05) is 18.8 Å². The van der Waals surface area contributed by atoms with Gasteiger partial charge in [0.05, 0.1) is 6.54 Å². The Morgan fingerprint density at radius 3 is 2.42 bits per heavy atom. The van der Waals surface area contributed by atoms with Crippen LogP contribution in [-0.4, -0.2) is 22.5 Å². The van der Waals surface area contributed by atoms with Crippen LogP contribution in [0.15, 0.2) is 41.4 Å². The zero-order valence-corrected chi connectivity index (χ0v) is 11.4. The summed E-state index contributed by atoms with van der Waals surface area (Å²) >= 11 is 1.81. The van der Waals surface area contributed by atoms with Gasteiger partial charge in [0.2, 0.25) is 0 Å². The van der Waals surface area contributed by atoms with E-state index < -0.39 is 0 Å². The first-order chi connectivity index (χ1) is 9.40. The second-order valence-electron chi connectivity index (χ2n) is 4.94. The number of aliphatic imine (C=N–C) groups is 1. The highest BCUT2D eigenvalue weighted by Gasteiger charge is 2.19. The summed E-state index contributed by atoms with van der Waals surface area (Å²) in [7, 11) is 0. The van der Waals surface area contributed by atoms with Crippen LogP contribution in [0.2, 0.25) is 0 Å². The minimum Gasteiger partial charge on any atom is -0.297 e. The van der Waals surface area contributed by atoms with E-state index in [1.54, 1.807) is 0 Å². The van der Waals surface area contributed by atoms with Crippen LogP contribution in [0.3, 0.4) is 0 Å². The van der Waals surface area contributed by atoms with E-state index in [0.29, 0.717) is 0 Å². The minimum atomic E-state index is 0.938. The Morgan fingerprint density at radius 2 is 1.79 bits per heavy atom. The van der Waals surface area contributed by atoms with Crippen LogP contribution in [0.4, 0.5) is 0 Å². The van der Waals surface area contributed by atoms with Crippen LogP contribution < -0.4 is 5.43 Å². The summed E-state index contributed by atoms with van der Waals surface area (Å²) in [6, 6.07) is 13.1. The minimum absolute atomic E-state index is 0.938. The van der Waals surface area contributed by atoms with Crippen LogP contribution in [0.1, 0.15) is 11.1 Å². The zero-order valence-electron chi connectivity index (χ0n) is 10.6. The van der Waals surface area contributed by atoms with Gasteiger partial charge in [0.15, 0.2) is 5.17 Å². The fourth-order valence-corrected chi connectivity index (χ4v) is 3.60. The molecule has 1 N–H and O–H groups in total. The van der Waals surface area contributed by atoms with E-state index in [0.717, 1.165) is 30.6 Å². The molecule has 2 aliphatic heterocycles. The van der Waals surface area contributed by atoms with Crippen molar-refractivity contribution in [2.24, 2.45) is 4.99 Å². The van der Waals surface area contributed by atoms with Crippen LogP contribution >= 0.6 is 11.8 Å². The van der Waals surface area contributed by atoms with Crippen molar-refractivity contribution >= 4 is 27.7 Å². The summed E-state index contributed by atoms with van der Waals surface area (Å²) in [5, 5.41) is 6.10. The predicted molar refractivity (Wildman–Crippen MR) is 81.1 cm³/mol. The lowest BCUT2D eigenvalue weighted by Gasteiger charge is -2.29. The van der Waals surface area contributed by atoms with Crippen LogP contribution in [0.25, 0.3) is 10.8 Å². The second kappa shape index (κ2) is 4.54. The fraction of sp³-hybridized carbons (Fsp3) is 0.267. The second-order valence-corrected chi connectivity index (χ2v) is 6.02. The van der Waals surface area contributed by atoms with E-state index in [9.17, 15) is 0 Å². The summed E-state index contributed by atoms with van der Waals surface area (Å²) in [4.78, 5) is 4.46. The lowest BCUT2D eigenvalue weighted by Crippen LogP contribution is -2.41. The molecule has 4 heteroatoms. The van der Waals surface area contributed by atoms with E-state index in [4.69, 9.17) is 0 Å². The van der Waals surface area contributed by atoms with Crippen molar-refractivity contribution in [3.05, 3.63) is 47.5 Å². The molecule has 0 fully saturated rings. The molecule has 19 heavy (non-hydrogen) atoms. The van der Waals surface area contributed by atoms with Gasteiger partial charge in [-0.2, -0.15) is 0 Å². The quantitative estimate of drug-likeness (QED) is 0.862. The van der Waals surface area contributed by atoms with E-state index in [-0.39, 0.29) is 0 Å². The number of thioether (sulfide) groups is 1. The summed E-state index contributed by atoms with van der Waals surface area (Å²) in [6.07, 6.45) is 0. The van der Waals surface area contributed by atoms with Gasteiger partial charge in [-0.3, -0.25) is 10.4 Å². The molecule has 0 unspecified atom stereocenters. The molecule has 2 heterocycles. The molecule has 4 rings (SSSR count). The summed E-state index contributed by atoms with van der Waals surface area (Å²) < 4.78 is 0. The van der Waals surface area contributed by atoms with E-state index in [1.807, 2.05) is 11.8 Å².